The molecule has 0 heterocycles. The third-order valence-corrected chi connectivity index (χ3v) is 4.37. The van der Waals surface area contributed by atoms with Crippen LogP contribution in [0, 0.1) is 0 Å². The van der Waals surface area contributed by atoms with E-state index in [0.29, 0.717) is 12.1 Å². The summed E-state index contributed by atoms with van der Waals surface area (Å²) >= 11 is 0. The summed E-state index contributed by atoms with van der Waals surface area (Å²) in [6.07, 6.45) is 0. The van der Waals surface area contributed by atoms with Gasteiger partial charge in [-0.2, -0.15) is 0 Å². The molecule has 0 aromatic heterocycles. The van der Waals surface area contributed by atoms with Crippen molar-refractivity contribution in [2.75, 3.05) is 26.0 Å². The number of carbonyl (C=O) groups excluding carboxylic acids is 2. The van der Waals surface area contributed by atoms with Crippen LogP contribution in [0.3, 0.4) is 0 Å². The Balaban J connectivity index is 2.00. The summed E-state index contributed by atoms with van der Waals surface area (Å²) in [5.74, 6) is -0.0661. The van der Waals surface area contributed by atoms with Gasteiger partial charge in [0.05, 0.1) is 6.04 Å². The first-order valence-electron chi connectivity index (χ1n) is 8.28. The molecular formula is C20H25N3O2. The number of benzene rings is 2. The predicted octanol–water partition coefficient (Wildman–Crippen LogP) is 2.53. The van der Waals surface area contributed by atoms with Gasteiger partial charge in [-0.25, -0.2) is 0 Å². The number of amides is 2. The number of rotatable bonds is 6. The molecule has 0 bridgehead atoms. The zero-order chi connectivity index (χ0) is 18.4. The number of para-hydroxylation sites is 1. The Morgan fingerprint density at radius 3 is 2.16 bits per heavy atom. The van der Waals surface area contributed by atoms with Crippen LogP contribution in [0.1, 0.15) is 22.8 Å². The molecule has 132 valence electrons. The smallest absolute Gasteiger partial charge is 0.251 e. The fraction of sp³-hybridized carbons (Fsp3) is 0.300. The molecule has 0 saturated carbocycles. The van der Waals surface area contributed by atoms with Crippen molar-refractivity contribution >= 4 is 17.5 Å². The Hall–Kier alpha value is -2.66. The van der Waals surface area contributed by atoms with Crippen molar-refractivity contribution in [1.29, 1.82) is 0 Å². The fourth-order valence-corrected chi connectivity index (χ4v) is 2.58. The van der Waals surface area contributed by atoms with Gasteiger partial charge in [0, 0.05) is 31.9 Å². The minimum absolute atomic E-state index is 0.0377. The van der Waals surface area contributed by atoms with Gasteiger partial charge < -0.3 is 10.2 Å². The van der Waals surface area contributed by atoms with Crippen LogP contribution in [0.4, 0.5) is 5.69 Å². The number of hydrogen-bond acceptors (Lipinski definition) is 3. The lowest BCUT2D eigenvalue weighted by Gasteiger charge is -2.28. The molecule has 0 saturated heterocycles. The summed E-state index contributed by atoms with van der Waals surface area (Å²) in [5, 5.41) is 2.60. The van der Waals surface area contributed by atoms with Gasteiger partial charge in [-0.05, 0) is 43.8 Å². The molecule has 0 fully saturated rings. The second kappa shape index (κ2) is 8.44. The molecule has 2 rings (SSSR count). The lowest BCUT2D eigenvalue weighted by molar-refractivity contribution is -0.122. The molecule has 2 amide bonds. The highest BCUT2D eigenvalue weighted by Crippen LogP contribution is 2.15. The number of nitrogens with one attached hydrogen (secondary N) is 1. The predicted molar refractivity (Wildman–Crippen MR) is 101 cm³/mol. The highest BCUT2D eigenvalue weighted by Gasteiger charge is 2.22. The molecule has 0 spiro atoms. The number of nitrogens with zero attached hydrogens (tertiary/aromatic N) is 2. The second-order valence-electron chi connectivity index (χ2n) is 6.10. The van der Waals surface area contributed by atoms with Gasteiger partial charge in [0.2, 0.25) is 5.91 Å². The summed E-state index contributed by atoms with van der Waals surface area (Å²) in [6, 6.07) is 16.8. The van der Waals surface area contributed by atoms with E-state index in [4.69, 9.17) is 0 Å². The van der Waals surface area contributed by atoms with Crippen LogP contribution in [0.2, 0.25) is 0 Å². The maximum atomic E-state index is 12.7. The van der Waals surface area contributed by atoms with Crippen molar-refractivity contribution in [3.05, 3.63) is 65.7 Å². The quantitative estimate of drug-likeness (QED) is 0.880. The molecule has 0 aliphatic heterocycles. The second-order valence-corrected chi connectivity index (χ2v) is 6.10. The minimum atomic E-state index is -0.260. The molecule has 5 heteroatoms. The van der Waals surface area contributed by atoms with Gasteiger partial charge in [0.15, 0.2) is 0 Å². The average molecular weight is 339 g/mol. The Bertz CT molecular complexity index is 713. The van der Waals surface area contributed by atoms with E-state index >= 15 is 0 Å². The molecular weight excluding hydrogens is 314 g/mol. The van der Waals surface area contributed by atoms with E-state index < -0.39 is 0 Å². The third kappa shape index (κ3) is 4.67. The van der Waals surface area contributed by atoms with Gasteiger partial charge in [-0.1, -0.05) is 30.3 Å². The molecule has 2 aromatic rings. The summed E-state index contributed by atoms with van der Waals surface area (Å²) in [7, 11) is 5.33. The van der Waals surface area contributed by atoms with Crippen LogP contribution in [0.15, 0.2) is 54.6 Å². The van der Waals surface area contributed by atoms with E-state index in [9.17, 15) is 9.59 Å². The maximum absolute atomic E-state index is 12.7. The number of carbonyl (C=O) groups is 2. The topological polar surface area (TPSA) is 52.7 Å². The summed E-state index contributed by atoms with van der Waals surface area (Å²) in [6.45, 7) is 2.53. The number of likely N-dealkylation sites (N-methyl/N-ethyl adjacent to an activating group) is 2. The Kier molecular flexibility index (Phi) is 6.31. The van der Waals surface area contributed by atoms with E-state index in [1.807, 2.05) is 61.3 Å². The van der Waals surface area contributed by atoms with Gasteiger partial charge >= 0.3 is 0 Å². The van der Waals surface area contributed by atoms with Gasteiger partial charge in [0.25, 0.3) is 5.91 Å². The number of anilines is 1. The molecule has 5 nitrogen and oxygen atoms in total. The van der Waals surface area contributed by atoms with E-state index in [2.05, 4.69) is 5.32 Å². The zero-order valence-electron chi connectivity index (χ0n) is 15.2. The summed E-state index contributed by atoms with van der Waals surface area (Å²) in [4.78, 5) is 27.9. The average Bonchev–Trinajstić information content (AvgIpc) is 2.66. The maximum Gasteiger partial charge on any atom is 0.251 e. The lowest BCUT2D eigenvalue weighted by Crippen LogP contribution is -2.43. The monoisotopic (exact) mass is 339 g/mol. The molecule has 1 atom stereocenters. The molecule has 0 aliphatic carbocycles. The zero-order valence-corrected chi connectivity index (χ0v) is 15.2. The fourth-order valence-electron chi connectivity index (χ4n) is 2.58. The Morgan fingerprint density at radius 1 is 1.00 bits per heavy atom. The SMILES string of the molecule is CNC(=O)c1ccc(CN(C)[C@@H](C)C(=O)N(C)c2ccccc2)cc1. The van der Waals surface area contributed by atoms with Crippen molar-refractivity contribution in [3.8, 4) is 0 Å². The van der Waals surface area contributed by atoms with Crippen LogP contribution in [0.5, 0.6) is 0 Å². The minimum Gasteiger partial charge on any atom is -0.355 e. The van der Waals surface area contributed by atoms with Crippen molar-refractivity contribution in [3.63, 3.8) is 0 Å². The van der Waals surface area contributed by atoms with Crippen molar-refractivity contribution < 1.29 is 9.59 Å². The van der Waals surface area contributed by atoms with E-state index in [1.54, 1.807) is 31.1 Å². The Morgan fingerprint density at radius 2 is 1.60 bits per heavy atom. The van der Waals surface area contributed by atoms with Gasteiger partial charge in [0.1, 0.15) is 0 Å². The van der Waals surface area contributed by atoms with E-state index in [-0.39, 0.29) is 17.9 Å². The summed E-state index contributed by atoms with van der Waals surface area (Å²) < 4.78 is 0. The van der Waals surface area contributed by atoms with Crippen molar-refractivity contribution in [1.82, 2.24) is 10.2 Å². The molecule has 0 unspecified atom stereocenters. The van der Waals surface area contributed by atoms with Gasteiger partial charge in [-0.3, -0.25) is 14.5 Å². The van der Waals surface area contributed by atoms with Crippen LogP contribution < -0.4 is 10.2 Å². The van der Waals surface area contributed by atoms with Crippen LogP contribution in [-0.2, 0) is 11.3 Å². The largest absolute Gasteiger partial charge is 0.355 e. The first-order chi connectivity index (χ1) is 11.9. The van der Waals surface area contributed by atoms with Crippen LogP contribution in [0.25, 0.3) is 0 Å². The molecule has 0 aliphatic rings. The highest BCUT2D eigenvalue weighted by molar-refractivity contribution is 5.96. The normalized spacial score (nSPS) is 11.9. The first-order valence-corrected chi connectivity index (χ1v) is 8.28. The Labute approximate surface area is 149 Å². The molecule has 25 heavy (non-hydrogen) atoms. The molecule has 0 radical (unpaired) electrons. The number of hydrogen-bond donors (Lipinski definition) is 1. The molecule has 1 N–H and O–H groups in total. The molecule has 2 aromatic carbocycles. The van der Waals surface area contributed by atoms with Crippen molar-refractivity contribution in [2.45, 2.75) is 19.5 Å². The van der Waals surface area contributed by atoms with Gasteiger partial charge in [-0.15, -0.1) is 0 Å². The van der Waals surface area contributed by atoms with Crippen LogP contribution in [-0.4, -0.2) is 43.9 Å². The summed E-state index contributed by atoms with van der Waals surface area (Å²) in [5.41, 5.74) is 2.56. The highest BCUT2D eigenvalue weighted by atomic mass is 16.2. The van der Waals surface area contributed by atoms with E-state index in [0.717, 1.165) is 11.3 Å². The van der Waals surface area contributed by atoms with Crippen LogP contribution >= 0.6 is 0 Å². The lowest BCUT2D eigenvalue weighted by atomic mass is 10.1. The first kappa shape index (κ1) is 18.7. The standard InChI is InChI=1S/C20H25N3O2/c1-15(20(25)23(4)18-8-6-5-7-9-18)22(3)14-16-10-12-17(13-11-16)19(24)21-2/h5-13,15H,14H2,1-4H3,(H,21,24)/t15-/m0/s1. The van der Waals surface area contributed by atoms with E-state index in [1.165, 1.54) is 0 Å². The third-order valence-electron chi connectivity index (χ3n) is 4.37. The van der Waals surface area contributed by atoms with Crippen molar-refractivity contribution in [2.24, 2.45) is 0 Å².